The average molecular weight is 382 g/mol. The van der Waals surface area contributed by atoms with Crippen LogP contribution in [0.1, 0.15) is 5.56 Å². The van der Waals surface area contributed by atoms with Crippen molar-refractivity contribution < 1.29 is 8.42 Å². The molecule has 1 aliphatic heterocycles. The van der Waals surface area contributed by atoms with E-state index in [1.807, 2.05) is 36.4 Å². The van der Waals surface area contributed by atoms with Crippen molar-refractivity contribution in [3.8, 4) is 0 Å². The highest BCUT2D eigenvalue weighted by atomic mass is 32.2. The molecule has 0 bridgehead atoms. The van der Waals surface area contributed by atoms with E-state index in [2.05, 4.69) is 19.9 Å². The number of aromatic nitrogens is 1. The van der Waals surface area contributed by atoms with E-state index in [0.717, 1.165) is 38.1 Å². The van der Waals surface area contributed by atoms with Crippen LogP contribution in [0.25, 0.3) is 10.9 Å². The second-order valence-electron chi connectivity index (χ2n) is 6.66. The average Bonchev–Trinajstić information content (AvgIpc) is 2.70. The third-order valence-electron chi connectivity index (χ3n) is 4.71. The number of hydrogen-bond acceptors (Lipinski definition) is 5. The summed E-state index contributed by atoms with van der Waals surface area (Å²) in [5.74, 6) is 0. The fourth-order valence-corrected chi connectivity index (χ4v) is 4.55. The predicted molar refractivity (Wildman–Crippen MR) is 107 cm³/mol. The van der Waals surface area contributed by atoms with Crippen molar-refractivity contribution in [1.29, 1.82) is 0 Å². The third kappa shape index (κ3) is 4.10. The topological polar surface area (TPSA) is 74.3 Å². The van der Waals surface area contributed by atoms with Crippen molar-refractivity contribution in [2.75, 3.05) is 30.9 Å². The van der Waals surface area contributed by atoms with Crippen LogP contribution in [0.15, 0.2) is 65.7 Å². The molecule has 0 saturated carbocycles. The van der Waals surface area contributed by atoms with Gasteiger partial charge in [-0.3, -0.25) is 14.6 Å². The minimum absolute atomic E-state index is 0.186. The highest BCUT2D eigenvalue weighted by Crippen LogP contribution is 2.23. The predicted octanol–water partition coefficient (Wildman–Crippen LogP) is 2.44. The third-order valence-corrected chi connectivity index (χ3v) is 6.12. The van der Waals surface area contributed by atoms with Crippen LogP contribution in [0.2, 0.25) is 0 Å². The van der Waals surface area contributed by atoms with Gasteiger partial charge in [-0.15, -0.1) is 0 Å². The van der Waals surface area contributed by atoms with Gasteiger partial charge in [0.2, 0.25) is 0 Å². The molecule has 140 valence electrons. The van der Waals surface area contributed by atoms with Gasteiger partial charge in [0.25, 0.3) is 10.0 Å². The molecule has 2 aromatic carbocycles. The largest absolute Gasteiger partial charge is 0.314 e. The number of benzene rings is 2. The molecule has 7 heteroatoms. The van der Waals surface area contributed by atoms with Crippen molar-refractivity contribution >= 4 is 26.6 Å². The van der Waals surface area contributed by atoms with E-state index in [-0.39, 0.29) is 4.90 Å². The van der Waals surface area contributed by atoms with Gasteiger partial charge in [-0.1, -0.05) is 30.3 Å². The summed E-state index contributed by atoms with van der Waals surface area (Å²) in [6.45, 7) is 4.96. The van der Waals surface area contributed by atoms with E-state index >= 15 is 0 Å². The molecule has 3 aromatic rings. The van der Waals surface area contributed by atoms with E-state index in [4.69, 9.17) is 0 Å². The molecule has 1 saturated heterocycles. The second kappa shape index (κ2) is 7.64. The van der Waals surface area contributed by atoms with Crippen LogP contribution < -0.4 is 10.0 Å². The first-order valence-electron chi connectivity index (χ1n) is 9.00. The first-order valence-corrected chi connectivity index (χ1v) is 10.5. The second-order valence-corrected chi connectivity index (χ2v) is 8.31. The van der Waals surface area contributed by atoms with Crippen LogP contribution in [-0.2, 0) is 16.6 Å². The summed E-state index contributed by atoms with van der Waals surface area (Å²) in [7, 11) is -3.71. The highest BCUT2D eigenvalue weighted by Gasteiger charge is 2.18. The highest BCUT2D eigenvalue weighted by molar-refractivity contribution is 7.93. The Hall–Kier alpha value is -2.48. The molecule has 0 amide bonds. The van der Waals surface area contributed by atoms with Gasteiger partial charge in [0.1, 0.15) is 4.90 Å². The van der Waals surface area contributed by atoms with Gasteiger partial charge < -0.3 is 5.32 Å². The molecule has 2 heterocycles. The monoisotopic (exact) mass is 382 g/mol. The molecule has 4 rings (SSSR count). The van der Waals surface area contributed by atoms with Crippen LogP contribution in [-0.4, -0.2) is 44.5 Å². The van der Waals surface area contributed by atoms with Crippen molar-refractivity contribution in [1.82, 2.24) is 15.2 Å². The Morgan fingerprint density at radius 1 is 1.00 bits per heavy atom. The lowest BCUT2D eigenvalue weighted by Gasteiger charge is -2.27. The van der Waals surface area contributed by atoms with E-state index in [1.54, 1.807) is 24.4 Å². The van der Waals surface area contributed by atoms with E-state index in [9.17, 15) is 8.42 Å². The summed E-state index contributed by atoms with van der Waals surface area (Å²) < 4.78 is 28.4. The van der Waals surface area contributed by atoms with Crippen LogP contribution in [0.4, 0.5) is 5.69 Å². The number of nitrogens with zero attached hydrogens (tertiary/aromatic N) is 2. The molecule has 1 aliphatic rings. The minimum atomic E-state index is -3.71. The Morgan fingerprint density at radius 2 is 1.74 bits per heavy atom. The molecule has 0 radical (unpaired) electrons. The number of para-hydroxylation sites is 1. The summed E-state index contributed by atoms with van der Waals surface area (Å²) in [4.78, 5) is 6.81. The van der Waals surface area contributed by atoms with Gasteiger partial charge in [0.15, 0.2) is 0 Å². The SMILES string of the molecule is O=S(=O)(Nc1ccc(CN2CCNCC2)cc1)c1cccc2cccnc12. The maximum Gasteiger partial charge on any atom is 0.264 e. The van der Waals surface area contributed by atoms with E-state index in [0.29, 0.717) is 11.2 Å². The van der Waals surface area contributed by atoms with Crippen LogP contribution in [0.5, 0.6) is 0 Å². The van der Waals surface area contributed by atoms with Gasteiger partial charge in [-0.05, 0) is 29.8 Å². The summed E-state index contributed by atoms with van der Waals surface area (Å²) in [6.07, 6.45) is 1.60. The fourth-order valence-electron chi connectivity index (χ4n) is 3.31. The Labute approximate surface area is 159 Å². The summed E-state index contributed by atoms with van der Waals surface area (Å²) >= 11 is 0. The zero-order chi connectivity index (χ0) is 18.7. The maximum atomic E-state index is 12.9. The van der Waals surface area contributed by atoms with Crippen LogP contribution in [0.3, 0.4) is 0 Å². The molecule has 0 aliphatic carbocycles. The van der Waals surface area contributed by atoms with Gasteiger partial charge >= 0.3 is 0 Å². The number of pyridine rings is 1. The molecular formula is C20H22N4O2S. The van der Waals surface area contributed by atoms with Crippen molar-refractivity contribution in [3.05, 3.63) is 66.4 Å². The summed E-state index contributed by atoms with van der Waals surface area (Å²) in [5.41, 5.74) is 2.20. The van der Waals surface area contributed by atoms with Gasteiger partial charge in [0.05, 0.1) is 5.52 Å². The minimum Gasteiger partial charge on any atom is -0.314 e. The zero-order valence-corrected chi connectivity index (χ0v) is 15.7. The molecular weight excluding hydrogens is 360 g/mol. The molecule has 0 atom stereocenters. The molecule has 6 nitrogen and oxygen atoms in total. The summed E-state index contributed by atoms with van der Waals surface area (Å²) in [5, 5.41) is 4.14. The van der Waals surface area contributed by atoms with Gasteiger partial charge in [-0.2, -0.15) is 0 Å². The number of piperazine rings is 1. The molecule has 0 spiro atoms. The Balaban J connectivity index is 1.52. The molecule has 1 aromatic heterocycles. The molecule has 1 fully saturated rings. The van der Waals surface area contributed by atoms with E-state index in [1.165, 1.54) is 5.56 Å². The fraction of sp³-hybridized carbons (Fsp3) is 0.250. The number of rotatable bonds is 5. The first kappa shape index (κ1) is 17.9. The van der Waals surface area contributed by atoms with Crippen molar-refractivity contribution in [3.63, 3.8) is 0 Å². The molecule has 2 N–H and O–H groups in total. The Kier molecular flexibility index (Phi) is 5.07. The Bertz CT molecular complexity index is 1020. The standard InChI is InChI=1S/C20H22N4O2S/c25-27(26,19-5-1-3-17-4-2-10-22-20(17)19)23-18-8-6-16(7-9-18)15-24-13-11-21-12-14-24/h1-10,21,23H,11-15H2. The maximum absolute atomic E-state index is 12.9. The number of hydrogen-bond donors (Lipinski definition) is 2. The normalized spacial score (nSPS) is 15.7. The Morgan fingerprint density at radius 3 is 2.52 bits per heavy atom. The lowest BCUT2D eigenvalue weighted by Crippen LogP contribution is -2.42. The number of anilines is 1. The van der Waals surface area contributed by atoms with Crippen molar-refractivity contribution in [2.45, 2.75) is 11.4 Å². The number of sulfonamides is 1. The van der Waals surface area contributed by atoms with Crippen molar-refractivity contribution in [2.24, 2.45) is 0 Å². The molecule has 27 heavy (non-hydrogen) atoms. The van der Waals surface area contributed by atoms with Gasteiger partial charge in [0, 0.05) is 50.0 Å². The zero-order valence-electron chi connectivity index (χ0n) is 14.9. The quantitative estimate of drug-likeness (QED) is 0.709. The number of nitrogens with one attached hydrogen (secondary N) is 2. The smallest absolute Gasteiger partial charge is 0.264 e. The summed E-state index contributed by atoms with van der Waals surface area (Å²) in [6, 6.07) is 16.4. The van der Waals surface area contributed by atoms with E-state index < -0.39 is 10.0 Å². The van der Waals surface area contributed by atoms with Crippen LogP contribution >= 0.6 is 0 Å². The van der Waals surface area contributed by atoms with Crippen LogP contribution in [0, 0.1) is 0 Å². The van der Waals surface area contributed by atoms with Gasteiger partial charge in [-0.25, -0.2) is 8.42 Å². The molecule has 0 unspecified atom stereocenters. The lowest BCUT2D eigenvalue weighted by molar-refractivity contribution is 0.233. The first-order chi connectivity index (χ1) is 13.1. The number of fused-ring (bicyclic) bond motifs is 1. The lowest BCUT2D eigenvalue weighted by atomic mass is 10.2.